The first kappa shape index (κ1) is 15.2. The number of piperidine rings is 1. The van der Waals surface area contributed by atoms with Gasteiger partial charge in [-0.25, -0.2) is 0 Å². The third kappa shape index (κ3) is 4.42. The van der Waals surface area contributed by atoms with Crippen LogP contribution in [0.15, 0.2) is 12.1 Å². The van der Waals surface area contributed by atoms with E-state index in [1.807, 2.05) is 0 Å². The van der Waals surface area contributed by atoms with Crippen molar-refractivity contribution in [1.29, 1.82) is 0 Å². The summed E-state index contributed by atoms with van der Waals surface area (Å²) in [5, 5.41) is 8.64. The molecule has 5 heteroatoms. The topological polar surface area (TPSA) is 24.1 Å². The van der Waals surface area contributed by atoms with Crippen molar-refractivity contribution in [3.63, 3.8) is 0 Å². The van der Waals surface area contributed by atoms with Crippen molar-refractivity contribution in [3.05, 3.63) is 27.2 Å². The largest absolute Gasteiger partial charge is 0.380 e. The SMILES string of the molecule is CC(CC1CCCCN1)Nc1c(Cl)cc(Cl)cc1Cl. The predicted molar refractivity (Wildman–Crippen MR) is 84.8 cm³/mol. The average molecular weight is 322 g/mol. The maximum atomic E-state index is 6.17. The molecule has 2 rings (SSSR count). The third-order valence-electron chi connectivity index (χ3n) is 3.45. The van der Waals surface area contributed by atoms with Gasteiger partial charge in [-0.15, -0.1) is 0 Å². The number of hydrogen-bond donors (Lipinski definition) is 2. The molecule has 2 nitrogen and oxygen atoms in total. The van der Waals surface area contributed by atoms with Crippen LogP contribution in [0, 0.1) is 0 Å². The van der Waals surface area contributed by atoms with Crippen LogP contribution in [0.2, 0.25) is 15.1 Å². The van der Waals surface area contributed by atoms with Crippen LogP contribution in [-0.2, 0) is 0 Å². The van der Waals surface area contributed by atoms with Crippen LogP contribution in [0.25, 0.3) is 0 Å². The van der Waals surface area contributed by atoms with E-state index in [2.05, 4.69) is 17.6 Å². The summed E-state index contributed by atoms with van der Waals surface area (Å²) in [4.78, 5) is 0. The zero-order valence-electron chi connectivity index (χ0n) is 11.0. The molecule has 0 aliphatic carbocycles. The van der Waals surface area contributed by atoms with Crippen LogP contribution in [0.4, 0.5) is 5.69 Å². The lowest BCUT2D eigenvalue weighted by Gasteiger charge is -2.27. The maximum absolute atomic E-state index is 6.17. The van der Waals surface area contributed by atoms with Gasteiger partial charge >= 0.3 is 0 Å². The Morgan fingerprint density at radius 2 is 1.95 bits per heavy atom. The molecule has 1 heterocycles. The minimum atomic E-state index is 0.312. The number of halogens is 3. The number of hydrogen-bond acceptors (Lipinski definition) is 2. The molecule has 0 saturated carbocycles. The van der Waals surface area contributed by atoms with Crippen LogP contribution in [0.1, 0.15) is 32.6 Å². The quantitative estimate of drug-likeness (QED) is 0.817. The van der Waals surface area contributed by atoms with Gasteiger partial charge in [0.2, 0.25) is 0 Å². The van der Waals surface area contributed by atoms with Crippen molar-refractivity contribution in [2.75, 3.05) is 11.9 Å². The molecular weight excluding hydrogens is 303 g/mol. The Hall–Kier alpha value is -0.150. The summed E-state index contributed by atoms with van der Waals surface area (Å²) in [6.45, 7) is 3.28. The zero-order valence-corrected chi connectivity index (χ0v) is 13.2. The van der Waals surface area contributed by atoms with Gasteiger partial charge in [-0.3, -0.25) is 0 Å². The Morgan fingerprint density at radius 1 is 1.26 bits per heavy atom. The molecule has 0 aromatic heterocycles. The highest BCUT2D eigenvalue weighted by atomic mass is 35.5. The summed E-state index contributed by atoms with van der Waals surface area (Å²) >= 11 is 18.3. The summed E-state index contributed by atoms with van der Waals surface area (Å²) in [5.41, 5.74) is 0.774. The Bertz CT molecular complexity index is 408. The van der Waals surface area contributed by atoms with Gasteiger partial charge in [0.15, 0.2) is 0 Å². The lowest BCUT2D eigenvalue weighted by atomic mass is 9.98. The Morgan fingerprint density at radius 3 is 2.53 bits per heavy atom. The van der Waals surface area contributed by atoms with Gasteiger partial charge < -0.3 is 10.6 Å². The van der Waals surface area contributed by atoms with Gasteiger partial charge in [0.25, 0.3) is 0 Å². The molecule has 1 aliphatic heterocycles. The van der Waals surface area contributed by atoms with Crippen LogP contribution in [0.5, 0.6) is 0 Å². The van der Waals surface area contributed by atoms with Crippen molar-refractivity contribution < 1.29 is 0 Å². The van der Waals surface area contributed by atoms with Gasteiger partial charge in [0.1, 0.15) is 0 Å². The van der Waals surface area contributed by atoms with Crippen LogP contribution < -0.4 is 10.6 Å². The molecule has 1 aromatic carbocycles. The highest BCUT2D eigenvalue weighted by Gasteiger charge is 2.17. The van der Waals surface area contributed by atoms with E-state index in [4.69, 9.17) is 34.8 Å². The lowest BCUT2D eigenvalue weighted by molar-refractivity contribution is 0.371. The van der Waals surface area contributed by atoms with Gasteiger partial charge in [-0.05, 0) is 44.9 Å². The minimum absolute atomic E-state index is 0.312. The Labute approximate surface area is 129 Å². The summed E-state index contributed by atoms with van der Waals surface area (Å²) in [5.74, 6) is 0. The molecule has 19 heavy (non-hydrogen) atoms. The number of anilines is 1. The summed E-state index contributed by atoms with van der Waals surface area (Å²) in [6, 6.07) is 4.32. The summed E-state index contributed by atoms with van der Waals surface area (Å²) in [7, 11) is 0. The molecule has 2 atom stereocenters. The molecule has 0 bridgehead atoms. The number of benzene rings is 1. The molecule has 1 aromatic rings. The molecule has 1 fully saturated rings. The molecule has 0 radical (unpaired) electrons. The monoisotopic (exact) mass is 320 g/mol. The second kappa shape index (κ2) is 7.03. The van der Waals surface area contributed by atoms with Crippen molar-refractivity contribution >= 4 is 40.5 Å². The average Bonchev–Trinajstić information content (AvgIpc) is 2.35. The molecule has 0 spiro atoms. The first-order valence-electron chi connectivity index (χ1n) is 6.70. The fraction of sp³-hybridized carbons (Fsp3) is 0.571. The van der Waals surface area contributed by atoms with Gasteiger partial charge in [0.05, 0.1) is 15.7 Å². The third-order valence-corrected chi connectivity index (χ3v) is 4.26. The van der Waals surface area contributed by atoms with Crippen LogP contribution in [0.3, 0.4) is 0 Å². The Balaban J connectivity index is 1.96. The predicted octanol–water partition coefficient (Wildman–Crippen LogP) is 4.98. The highest BCUT2D eigenvalue weighted by molar-refractivity contribution is 6.41. The minimum Gasteiger partial charge on any atom is -0.380 e. The maximum Gasteiger partial charge on any atom is 0.0722 e. The van der Waals surface area contributed by atoms with E-state index in [0.29, 0.717) is 27.2 Å². The fourth-order valence-electron chi connectivity index (χ4n) is 2.54. The first-order chi connectivity index (χ1) is 9.06. The van der Waals surface area contributed by atoms with E-state index in [1.54, 1.807) is 12.1 Å². The van der Waals surface area contributed by atoms with E-state index in [9.17, 15) is 0 Å². The number of nitrogens with one attached hydrogen (secondary N) is 2. The smallest absolute Gasteiger partial charge is 0.0722 e. The normalized spacial score (nSPS) is 21.2. The molecule has 106 valence electrons. The summed E-state index contributed by atoms with van der Waals surface area (Å²) < 4.78 is 0. The second-order valence-corrected chi connectivity index (χ2v) is 6.42. The van der Waals surface area contributed by atoms with Gasteiger partial charge in [0, 0.05) is 17.1 Å². The van der Waals surface area contributed by atoms with Crippen LogP contribution in [-0.4, -0.2) is 18.6 Å². The van der Waals surface area contributed by atoms with E-state index in [-0.39, 0.29) is 0 Å². The fourth-order valence-corrected chi connectivity index (χ4v) is 3.46. The van der Waals surface area contributed by atoms with Gasteiger partial charge in [-0.1, -0.05) is 41.2 Å². The van der Waals surface area contributed by atoms with E-state index in [1.165, 1.54) is 19.3 Å². The van der Waals surface area contributed by atoms with Crippen molar-refractivity contribution in [3.8, 4) is 0 Å². The number of rotatable bonds is 4. The molecule has 2 unspecified atom stereocenters. The van der Waals surface area contributed by atoms with Crippen molar-refractivity contribution in [2.24, 2.45) is 0 Å². The van der Waals surface area contributed by atoms with Gasteiger partial charge in [-0.2, -0.15) is 0 Å². The standard InChI is InChI=1S/C14H19Cl3N2/c1-9(6-11-4-2-3-5-18-11)19-14-12(16)7-10(15)8-13(14)17/h7-9,11,18-19H,2-6H2,1H3. The first-order valence-corrected chi connectivity index (χ1v) is 7.84. The van der Waals surface area contributed by atoms with E-state index in [0.717, 1.165) is 18.7 Å². The highest BCUT2D eigenvalue weighted by Crippen LogP contribution is 2.34. The van der Waals surface area contributed by atoms with Crippen molar-refractivity contribution in [2.45, 2.75) is 44.7 Å². The van der Waals surface area contributed by atoms with Crippen LogP contribution >= 0.6 is 34.8 Å². The second-order valence-electron chi connectivity index (χ2n) is 5.17. The molecule has 2 N–H and O–H groups in total. The molecule has 1 aliphatic rings. The molecular formula is C14H19Cl3N2. The molecule has 0 amide bonds. The van der Waals surface area contributed by atoms with E-state index < -0.39 is 0 Å². The Kier molecular flexibility index (Phi) is 5.64. The summed E-state index contributed by atoms with van der Waals surface area (Å²) in [6.07, 6.45) is 4.91. The zero-order chi connectivity index (χ0) is 13.8. The molecule has 1 saturated heterocycles. The van der Waals surface area contributed by atoms with E-state index >= 15 is 0 Å². The van der Waals surface area contributed by atoms with Crippen molar-refractivity contribution in [1.82, 2.24) is 5.32 Å². The lowest BCUT2D eigenvalue weighted by Crippen LogP contribution is -2.37.